The lowest BCUT2D eigenvalue weighted by Gasteiger charge is -2.04. The molecule has 4 heteroatoms. The molecule has 3 aromatic carbocycles. The fraction of sp³-hybridized carbons (Fsp3) is 0.0417. The predicted octanol–water partition coefficient (Wildman–Crippen LogP) is 6.03. The summed E-state index contributed by atoms with van der Waals surface area (Å²) in [6.45, 7) is 1.89. The molecule has 0 amide bonds. The molecule has 1 aromatic heterocycles. The fourth-order valence-corrected chi connectivity index (χ4v) is 2.91. The summed E-state index contributed by atoms with van der Waals surface area (Å²) in [6, 6.07) is 15.6. The maximum absolute atomic E-state index is 14.5. The highest BCUT2D eigenvalue weighted by Gasteiger charge is 2.11. The Morgan fingerprint density at radius 1 is 0.750 bits per heavy atom. The first-order valence-electron chi connectivity index (χ1n) is 8.63. The average Bonchev–Trinajstić information content (AvgIpc) is 2.68. The lowest BCUT2D eigenvalue weighted by molar-refractivity contribution is 0.578. The monoisotopic (exact) mass is 373 g/mol. The van der Waals surface area contributed by atoms with Gasteiger partial charge in [0.05, 0.1) is 11.3 Å². The molecular weight excluding hydrogens is 359 g/mol. The largest absolute Gasteiger partial charge is 0.256 e. The predicted molar refractivity (Wildman–Crippen MR) is 104 cm³/mol. The van der Waals surface area contributed by atoms with Gasteiger partial charge in [0.1, 0.15) is 17.5 Å². The van der Waals surface area contributed by atoms with E-state index in [2.05, 4.69) is 16.8 Å². The molecule has 0 radical (unpaired) electrons. The van der Waals surface area contributed by atoms with E-state index in [0.29, 0.717) is 16.8 Å². The fourth-order valence-electron chi connectivity index (χ4n) is 2.91. The Morgan fingerprint density at radius 3 is 2.18 bits per heavy atom. The normalized spacial score (nSPS) is 10.6. The van der Waals surface area contributed by atoms with Crippen LogP contribution in [0.1, 0.15) is 16.7 Å². The SMILES string of the molecule is Cc1ccc(-c2cc(F)c(C#Cc3ccc4cc(F)ccc4c3)c(F)c2)nc1. The van der Waals surface area contributed by atoms with Gasteiger partial charge in [-0.05, 0) is 65.7 Å². The van der Waals surface area contributed by atoms with Crippen molar-refractivity contribution >= 4 is 10.8 Å². The van der Waals surface area contributed by atoms with Crippen molar-refractivity contribution < 1.29 is 13.2 Å². The third-order valence-electron chi connectivity index (χ3n) is 4.38. The van der Waals surface area contributed by atoms with Crippen LogP contribution in [0.25, 0.3) is 22.0 Å². The molecule has 1 nitrogen and oxygen atoms in total. The van der Waals surface area contributed by atoms with Crippen molar-refractivity contribution in [3.05, 3.63) is 101 Å². The second-order valence-electron chi connectivity index (χ2n) is 6.49. The zero-order chi connectivity index (χ0) is 19.7. The highest BCUT2D eigenvalue weighted by atomic mass is 19.1. The van der Waals surface area contributed by atoms with Gasteiger partial charge in [-0.1, -0.05) is 30.0 Å². The van der Waals surface area contributed by atoms with Crippen molar-refractivity contribution in [1.29, 1.82) is 0 Å². The highest BCUT2D eigenvalue weighted by Crippen LogP contribution is 2.23. The Labute approximate surface area is 160 Å². The van der Waals surface area contributed by atoms with Crippen molar-refractivity contribution in [1.82, 2.24) is 4.98 Å². The Kier molecular flexibility index (Phi) is 4.58. The van der Waals surface area contributed by atoms with E-state index in [-0.39, 0.29) is 11.4 Å². The maximum Gasteiger partial charge on any atom is 0.142 e. The number of nitrogens with zero attached hydrogens (tertiary/aromatic N) is 1. The van der Waals surface area contributed by atoms with E-state index in [1.807, 2.05) is 13.0 Å². The van der Waals surface area contributed by atoms with Crippen molar-refractivity contribution in [2.24, 2.45) is 0 Å². The number of aryl methyl sites for hydroxylation is 1. The van der Waals surface area contributed by atoms with Gasteiger partial charge in [0, 0.05) is 17.3 Å². The summed E-state index contributed by atoms with van der Waals surface area (Å²) in [6.07, 6.45) is 1.64. The Bertz CT molecular complexity index is 1230. The molecule has 0 spiro atoms. The van der Waals surface area contributed by atoms with Gasteiger partial charge in [0.15, 0.2) is 0 Å². The zero-order valence-corrected chi connectivity index (χ0v) is 14.9. The van der Waals surface area contributed by atoms with Crippen LogP contribution in [0.15, 0.2) is 66.9 Å². The molecule has 0 aliphatic rings. The lowest BCUT2D eigenvalue weighted by Crippen LogP contribution is -1.94. The second kappa shape index (κ2) is 7.21. The van der Waals surface area contributed by atoms with Crippen LogP contribution in [0.2, 0.25) is 0 Å². The molecule has 0 N–H and O–H groups in total. The average molecular weight is 373 g/mol. The van der Waals surface area contributed by atoms with Crippen LogP contribution in [-0.2, 0) is 0 Å². The van der Waals surface area contributed by atoms with E-state index in [0.717, 1.165) is 16.3 Å². The molecule has 0 saturated heterocycles. The minimum Gasteiger partial charge on any atom is -0.256 e. The molecule has 136 valence electrons. The summed E-state index contributed by atoms with van der Waals surface area (Å²) >= 11 is 0. The summed E-state index contributed by atoms with van der Waals surface area (Å²) < 4.78 is 42.2. The molecule has 4 rings (SSSR count). The number of hydrogen-bond acceptors (Lipinski definition) is 1. The number of halogens is 3. The van der Waals surface area contributed by atoms with Crippen molar-refractivity contribution in [3.8, 4) is 23.1 Å². The number of pyridine rings is 1. The van der Waals surface area contributed by atoms with Gasteiger partial charge in [0.25, 0.3) is 0 Å². The van der Waals surface area contributed by atoms with Crippen LogP contribution in [0.3, 0.4) is 0 Å². The maximum atomic E-state index is 14.5. The molecule has 1 heterocycles. The van der Waals surface area contributed by atoms with Gasteiger partial charge in [0.2, 0.25) is 0 Å². The Morgan fingerprint density at radius 2 is 1.46 bits per heavy atom. The molecule has 28 heavy (non-hydrogen) atoms. The third-order valence-corrected chi connectivity index (χ3v) is 4.38. The lowest BCUT2D eigenvalue weighted by atomic mass is 10.0. The molecule has 0 fully saturated rings. The van der Waals surface area contributed by atoms with Crippen LogP contribution < -0.4 is 0 Å². The number of benzene rings is 3. The molecular formula is C24H14F3N. The summed E-state index contributed by atoms with van der Waals surface area (Å²) in [5.41, 5.74) is 2.10. The summed E-state index contributed by atoms with van der Waals surface area (Å²) in [4.78, 5) is 4.19. The summed E-state index contributed by atoms with van der Waals surface area (Å²) in [7, 11) is 0. The quantitative estimate of drug-likeness (QED) is 0.371. The van der Waals surface area contributed by atoms with Gasteiger partial charge < -0.3 is 0 Å². The van der Waals surface area contributed by atoms with Crippen molar-refractivity contribution in [3.63, 3.8) is 0 Å². The Balaban J connectivity index is 1.69. The third kappa shape index (κ3) is 3.60. The van der Waals surface area contributed by atoms with Gasteiger partial charge in [-0.2, -0.15) is 0 Å². The molecule has 0 bridgehead atoms. The number of aromatic nitrogens is 1. The standard InChI is InChI=1S/C24H14F3N/c1-15-2-9-24(28-14-15)19-12-22(26)21(23(27)13-19)8-4-16-3-5-18-11-20(25)7-6-17(18)10-16/h2-3,5-7,9-14H,1H3. The van der Waals surface area contributed by atoms with E-state index < -0.39 is 11.6 Å². The van der Waals surface area contributed by atoms with Gasteiger partial charge in [-0.3, -0.25) is 4.98 Å². The van der Waals surface area contributed by atoms with Gasteiger partial charge >= 0.3 is 0 Å². The first-order chi connectivity index (χ1) is 13.5. The second-order valence-corrected chi connectivity index (χ2v) is 6.49. The number of hydrogen-bond donors (Lipinski definition) is 0. The zero-order valence-electron chi connectivity index (χ0n) is 14.9. The van der Waals surface area contributed by atoms with Gasteiger partial charge in [-0.15, -0.1) is 0 Å². The first-order valence-corrected chi connectivity index (χ1v) is 8.63. The summed E-state index contributed by atoms with van der Waals surface area (Å²) in [5, 5.41) is 1.53. The van der Waals surface area contributed by atoms with E-state index in [1.54, 1.807) is 36.5 Å². The topological polar surface area (TPSA) is 12.9 Å². The highest BCUT2D eigenvalue weighted by molar-refractivity contribution is 5.84. The molecule has 0 aliphatic carbocycles. The van der Waals surface area contributed by atoms with Crippen LogP contribution >= 0.6 is 0 Å². The van der Waals surface area contributed by atoms with Crippen LogP contribution in [-0.4, -0.2) is 4.98 Å². The van der Waals surface area contributed by atoms with E-state index in [4.69, 9.17) is 0 Å². The van der Waals surface area contributed by atoms with Crippen LogP contribution in [0.4, 0.5) is 13.2 Å². The molecule has 0 saturated carbocycles. The van der Waals surface area contributed by atoms with Gasteiger partial charge in [-0.25, -0.2) is 13.2 Å². The van der Waals surface area contributed by atoms with Crippen molar-refractivity contribution in [2.75, 3.05) is 0 Å². The molecule has 0 aliphatic heterocycles. The molecule has 4 aromatic rings. The Hall–Kier alpha value is -3.58. The summed E-state index contributed by atoms with van der Waals surface area (Å²) in [5.74, 6) is 3.54. The minimum atomic E-state index is -0.743. The molecule has 0 unspecified atom stereocenters. The van der Waals surface area contributed by atoms with E-state index >= 15 is 0 Å². The number of fused-ring (bicyclic) bond motifs is 1. The smallest absolute Gasteiger partial charge is 0.142 e. The number of rotatable bonds is 1. The van der Waals surface area contributed by atoms with Crippen LogP contribution in [0.5, 0.6) is 0 Å². The van der Waals surface area contributed by atoms with Crippen LogP contribution in [0, 0.1) is 36.2 Å². The van der Waals surface area contributed by atoms with E-state index in [1.165, 1.54) is 24.3 Å². The minimum absolute atomic E-state index is 0.296. The van der Waals surface area contributed by atoms with E-state index in [9.17, 15) is 13.2 Å². The van der Waals surface area contributed by atoms with Crippen molar-refractivity contribution in [2.45, 2.75) is 6.92 Å². The molecule has 0 atom stereocenters. The first kappa shape index (κ1) is 17.8.